The molecule has 0 saturated heterocycles. The molecule has 0 radical (unpaired) electrons. The molecule has 11 heavy (non-hydrogen) atoms. The maximum absolute atomic E-state index is 10.7. The minimum atomic E-state index is -0.513. The first-order chi connectivity index (χ1) is 4.84. The van der Waals surface area contributed by atoms with E-state index < -0.39 is 5.97 Å². The standard InChI is InChI=1S/C7H7NO2.Zn/c8-10-7(9)6-4-2-1-3-5-6;/h1-5H,8H2;. The Balaban J connectivity index is 0.000001000. The van der Waals surface area contributed by atoms with Crippen molar-refractivity contribution in [3.63, 3.8) is 0 Å². The zero-order chi connectivity index (χ0) is 7.40. The fourth-order valence-electron chi connectivity index (χ4n) is 0.642. The van der Waals surface area contributed by atoms with Gasteiger partial charge >= 0.3 is 5.97 Å². The zero-order valence-electron chi connectivity index (χ0n) is 5.99. The van der Waals surface area contributed by atoms with E-state index >= 15 is 0 Å². The van der Waals surface area contributed by atoms with Crippen LogP contribution in [0, 0.1) is 0 Å². The molecule has 0 aliphatic carbocycles. The number of hydrogen-bond donors (Lipinski definition) is 1. The monoisotopic (exact) mass is 201 g/mol. The van der Waals surface area contributed by atoms with Gasteiger partial charge < -0.3 is 4.84 Å². The number of carbonyl (C=O) groups is 1. The van der Waals surface area contributed by atoms with Crippen LogP contribution >= 0.6 is 0 Å². The molecule has 0 heterocycles. The molecular formula is C7H7NO2Zn. The molecular weight excluding hydrogens is 195 g/mol. The predicted octanol–water partition coefficient (Wildman–Crippen LogP) is 0.715. The smallest absolute Gasteiger partial charge is 0.356 e. The van der Waals surface area contributed by atoms with Crippen LogP contribution in [0.5, 0.6) is 0 Å². The van der Waals surface area contributed by atoms with Gasteiger partial charge in [0.15, 0.2) is 0 Å². The second kappa shape index (κ2) is 4.99. The Morgan fingerprint density at radius 1 is 1.27 bits per heavy atom. The van der Waals surface area contributed by atoms with Crippen molar-refractivity contribution in [2.24, 2.45) is 5.90 Å². The summed E-state index contributed by atoms with van der Waals surface area (Å²) in [6, 6.07) is 8.57. The molecule has 0 amide bonds. The van der Waals surface area contributed by atoms with Gasteiger partial charge in [0.2, 0.25) is 0 Å². The first kappa shape index (κ1) is 10.3. The van der Waals surface area contributed by atoms with Crippen molar-refractivity contribution in [2.45, 2.75) is 0 Å². The third-order valence-electron chi connectivity index (χ3n) is 1.12. The van der Waals surface area contributed by atoms with Gasteiger partial charge in [0, 0.05) is 19.5 Å². The number of hydrogen-bond acceptors (Lipinski definition) is 3. The van der Waals surface area contributed by atoms with Crippen molar-refractivity contribution in [3.8, 4) is 0 Å². The number of carbonyl (C=O) groups excluding carboxylic acids is 1. The van der Waals surface area contributed by atoms with E-state index in [9.17, 15) is 4.79 Å². The van der Waals surface area contributed by atoms with Crippen LogP contribution in [-0.4, -0.2) is 5.97 Å². The summed E-state index contributed by atoms with van der Waals surface area (Å²) in [5.41, 5.74) is 0.463. The molecule has 2 N–H and O–H groups in total. The van der Waals surface area contributed by atoms with Crippen LogP contribution in [0.25, 0.3) is 0 Å². The Bertz CT molecular complexity index is 225. The Labute approximate surface area is 77.2 Å². The van der Waals surface area contributed by atoms with Crippen LogP contribution in [0.3, 0.4) is 0 Å². The summed E-state index contributed by atoms with van der Waals surface area (Å²) in [5, 5.41) is 0. The van der Waals surface area contributed by atoms with Crippen LogP contribution in [0.15, 0.2) is 30.3 Å². The summed E-state index contributed by atoms with van der Waals surface area (Å²) in [5.74, 6) is 4.14. The molecule has 0 aromatic heterocycles. The number of rotatable bonds is 1. The molecule has 4 heteroatoms. The molecule has 0 bridgehead atoms. The van der Waals surface area contributed by atoms with E-state index in [-0.39, 0.29) is 19.5 Å². The molecule has 0 unspecified atom stereocenters. The molecule has 0 aliphatic heterocycles. The molecule has 0 aliphatic rings. The average molecular weight is 203 g/mol. The summed E-state index contributed by atoms with van der Waals surface area (Å²) in [6.45, 7) is 0. The fraction of sp³-hybridized carbons (Fsp3) is 0. The molecule has 3 nitrogen and oxygen atoms in total. The van der Waals surface area contributed by atoms with E-state index in [1.807, 2.05) is 6.07 Å². The van der Waals surface area contributed by atoms with Crippen LogP contribution < -0.4 is 5.90 Å². The molecule has 0 saturated carbocycles. The summed E-state index contributed by atoms with van der Waals surface area (Å²) in [7, 11) is 0. The maximum Gasteiger partial charge on any atom is 0.356 e. The SMILES string of the molecule is NOC(=O)c1ccccc1.[Zn]. The number of benzene rings is 1. The first-order valence-corrected chi connectivity index (χ1v) is 2.80. The van der Waals surface area contributed by atoms with Gasteiger partial charge in [-0.05, 0) is 12.1 Å². The van der Waals surface area contributed by atoms with Gasteiger partial charge in [-0.15, -0.1) is 0 Å². The summed E-state index contributed by atoms with van der Waals surface area (Å²) in [4.78, 5) is 14.7. The Hall–Kier alpha value is -0.727. The quantitative estimate of drug-likeness (QED) is 0.539. The summed E-state index contributed by atoms with van der Waals surface area (Å²) < 4.78 is 0. The molecule has 1 aromatic rings. The van der Waals surface area contributed by atoms with Gasteiger partial charge in [-0.25, -0.2) is 4.79 Å². The molecule has 1 aromatic carbocycles. The third kappa shape index (κ3) is 2.78. The summed E-state index contributed by atoms with van der Waals surface area (Å²) in [6.07, 6.45) is 0. The molecule has 54 valence electrons. The van der Waals surface area contributed by atoms with Crippen LogP contribution in [-0.2, 0) is 24.3 Å². The number of nitrogens with two attached hydrogens (primary N) is 1. The topological polar surface area (TPSA) is 52.3 Å². The molecule has 0 spiro atoms. The fourth-order valence-corrected chi connectivity index (χ4v) is 0.642. The van der Waals surface area contributed by atoms with Crippen LogP contribution in [0.4, 0.5) is 0 Å². The van der Waals surface area contributed by atoms with Crippen molar-refractivity contribution in [1.29, 1.82) is 0 Å². The minimum absolute atomic E-state index is 0. The van der Waals surface area contributed by atoms with Crippen molar-refractivity contribution in [1.82, 2.24) is 0 Å². The van der Waals surface area contributed by atoms with E-state index in [0.29, 0.717) is 5.56 Å². The normalized spacial score (nSPS) is 8.09. The zero-order valence-corrected chi connectivity index (χ0v) is 8.95. The second-order valence-electron chi connectivity index (χ2n) is 1.77. The molecule has 0 fully saturated rings. The summed E-state index contributed by atoms with van der Waals surface area (Å²) >= 11 is 0. The van der Waals surface area contributed by atoms with Gasteiger partial charge in [0.1, 0.15) is 0 Å². The van der Waals surface area contributed by atoms with Gasteiger partial charge in [-0.1, -0.05) is 18.2 Å². The maximum atomic E-state index is 10.7. The van der Waals surface area contributed by atoms with Crippen LogP contribution in [0.1, 0.15) is 10.4 Å². The van der Waals surface area contributed by atoms with Crippen molar-refractivity contribution in [2.75, 3.05) is 0 Å². The van der Waals surface area contributed by atoms with Gasteiger partial charge in [-0.2, -0.15) is 5.90 Å². The van der Waals surface area contributed by atoms with Gasteiger partial charge in [0.05, 0.1) is 5.56 Å². The van der Waals surface area contributed by atoms with Crippen LogP contribution in [0.2, 0.25) is 0 Å². The second-order valence-corrected chi connectivity index (χ2v) is 1.77. The van der Waals surface area contributed by atoms with E-state index in [0.717, 1.165) is 0 Å². The van der Waals surface area contributed by atoms with E-state index in [1.54, 1.807) is 24.3 Å². The van der Waals surface area contributed by atoms with Crippen molar-refractivity contribution >= 4 is 5.97 Å². The third-order valence-corrected chi connectivity index (χ3v) is 1.12. The van der Waals surface area contributed by atoms with E-state index in [4.69, 9.17) is 0 Å². The molecule has 0 atom stereocenters. The Morgan fingerprint density at radius 3 is 2.27 bits per heavy atom. The van der Waals surface area contributed by atoms with E-state index in [2.05, 4.69) is 10.7 Å². The predicted molar refractivity (Wildman–Crippen MR) is 36.0 cm³/mol. The largest absolute Gasteiger partial charge is 0.370 e. The van der Waals surface area contributed by atoms with E-state index in [1.165, 1.54) is 0 Å². The van der Waals surface area contributed by atoms with Crippen molar-refractivity contribution in [3.05, 3.63) is 35.9 Å². The Kier molecular flexibility index (Phi) is 4.66. The van der Waals surface area contributed by atoms with Gasteiger partial charge in [0.25, 0.3) is 0 Å². The van der Waals surface area contributed by atoms with Gasteiger partial charge in [-0.3, -0.25) is 0 Å². The molecule has 1 rings (SSSR count). The Morgan fingerprint density at radius 2 is 1.82 bits per heavy atom. The van der Waals surface area contributed by atoms with Crippen molar-refractivity contribution < 1.29 is 29.1 Å². The minimum Gasteiger partial charge on any atom is -0.370 e. The first-order valence-electron chi connectivity index (χ1n) is 2.80. The average Bonchev–Trinajstić information content (AvgIpc) is 2.05.